The van der Waals surface area contributed by atoms with Crippen LogP contribution >= 0.6 is 11.3 Å². The molecule has 20 heavy (non-hydrogen) atoms. The first-order valence-electron chi connectivity index (χ1n) is 6.32. The number of hydrogen-bond acceptors (Lipinski definition) is 4. The van der Waals surface area contributed by atoms with Gasteiger partial charge >= 0.3 is 0 Å². The van der Waals surface area contributed by atoms with Crippen molar-refractivity contribution in [2.24, 2.45) is 0 Å². The Morgan fingerprint density at radius 1 is 1.25 bits per heavy atom. The molecule has 1 atom stereocenters. The fourth-order valence-corrected chi connectivity index (χ4v) is 3.58. The van der Waals surface area contributed by atoms with Gasteiger partial charge in [-0.3, -0.25) is 0 Å². The molecule has 2 aromatic rings. The van der Waals surface area contributed by atoms with Crippen LogP contribution in [0.25, 0.3) is 0 Å². The van der Waals surface area contributed by atoms with Gasteiger partial charge in [0, 0.05) is 17.5 Å². The van der Waals surface area contributed by atoms with Crippen LogP contribution in [0, 0.1) is 0 Å². The molecule has 108 valence electrons. The van der Waals surface area contributed by atoms with E-state index in [1.54, 1.807) is 18.2 Å². The summed E-state index contributed by atoms with van der Waals surface area (Å²) in [6, 6.07) is 10.9. The topological polar surface area (TPSA) is 58.2 Å². The molecule has 6 heteroatoms. The van der Waals surface area contributed by atoms with Gasteiger partial charge in [-0.05, 0) is 43.1 Å². The predicted octanol–water partition coefficient (Wildman–Crippen LogP) is 2.51. The lowest BCUT2D eigenvalue weighted by molar-refractivity contribution is 0.581. The van der Waals surface area contributed by atoms with Crippen molar-refractivity contribution in [1.29, 1.82) is 0 Å². The number of rotatable bonds is 6. The highest BCUT2D eigenvalue weighted by Crippen LogP contribution is 2.18. The number of hydrogen-bond donors (Lipinski definition) is 2. The minimum atomic E-state index is -3.47. The molecule has 0 aliphatic rings. The van der Waals surface area contributed by atoms with Gasteiger partial charge in [0.05, 0.1) is 4.90 Å². The van der Waals surface area contributed by atoms with Crippen LogP contribution in [-0.4, -0.2) is 15.5 Å². The van der Waals surface area contributed by atoms with Crippen molar-refractivity contribution in [3.8, 4) is 0 Å². The van der Waals surface area contributed by atoms with E-state index in [1.807, 2.05) is 37.6 Å². The highest BCUT2D eigenvalue weighted by Gasteiger charge is 2.15. The lowest BCUT2D eigenvalue weighted by Gasteiger charge is -2.12. The summed E-state index contributed by atoms with van der Waals surface area (Å²) in [7, 11) is -1.62. The van der Waals surface area contributed by atoms with Crippen molar-refractivity contribution in [3.63, 3.8) is 0 Å². The minimum absolute atomic E-state index is 0.113. The van der Waals surface area contributed by atoms with Crippen molar-refractivity contribution >= 4 is 21.4 Å². The molecule has 0 saturated heterocycles. The third kappa shape index (κ3) is 3.67. The largest absolute Gasteiger partial charge is 0.313 e. The normalized spacial score (nSPS) is 13.3. The quantitative estimate of drug-likeness (QED) is 0.862. The standard InChI is InChI=1S/C14H18N2O2S2/c1-11(15-2)12-5-3-7-14(9-12)20(17,18)16-10-13-6-4-8-19-13/h3-9,11,15-16H,10H2,1-2H3. The van der Waals surface area contributed by atoms with Crippen LogP contribution in [0.15, 0.2) is 46.7 Å². The number of benzene rings is 1. The maximum absolute atomic E-state index is 12.3. The Balaban J connectivity index is 2.16. The minimum Gasteiger partial charge on any atom is -0.313 e. The molecule has 0 aliphatic heterocycles. The van der Waals surface area contributed by atoms with E-state index in [0.717, 1.165) is 10.4 Å². The van der Waals surface area contributed by atoms with E-state index in [0.29, 0.717) is 11.4 Å². The van der Waals surface area contributed by atoms with Crippen molar-refractivity contribution in [2.45, 2.75) is 24.4 Å². The summed E-state index contributed by atoms with van der Waals surface area (Å²) in [4.78, 5) is 1.29. The van der Waals surface area contributed by atoms with Gasteiger partial charge in [0.25, 0.3) is 0 Å². The molecule has 4 nitrogen and oxygen atoms in total. The van der Waals surface area contributed by atoms with Crippen molar-refractivity contribution in [3.05, 3.63) is 52.2 Å². The Hall–Kier alpha value is -1.21. The summed E-state index contributed by atoms with van der Waals surface area (Å²) < 4.78 is 27.2. The van der Waals surface area contributed by atoms with E-state index >= 15 is 0 Å². The summed E-state index contributed by atoms with van der Waals surface area (Å²) >= 11 is 1.53. The van der Waals surface area contributed by atoms with Gasteiger partial charge in [-0.15, -0.1) is 11.3 Å². The Kier molecular flexibility index (Phi) is 4.93. The Bertz CT molecular complexity index is 652. The molecule has 0 aliphatic carbocycles. The second kappa shape index (κ2) is 6.49. The molecule has 1 aromatic heterocycles. The Labute approximate surface area is 123 Å². The third-order valence-electron chi connectivity index (χ3n) is 3.12. The van der Waals surface area contributed by atoms with Crippen LogP contribution in [0.5, 0.6) is 0 Å². The Morgan fingerprint density at radius 3 is 2.70 bits per heavy atom. The number of thiophene rings is 1. The van der Waals surface area contributed by atoms with Crippen LogP contribution in [0.2, 0.25) is 0 Å². The lowest BCUT2D eigenvalue weighted by Crippen LogP contribution is -2.23. The molecule has 0 saturated carbocycles. The summed E-state index contributed by atoms with van der Waals surface area (Å²) in [5.41, 5.74) is 0.950. The molecule has 0 radical (unpaired) electrons. The number of nitrogens with one attached hydrogen (secondary N) is 2. The summed E-state index contributed by atoms with van der Waals surface area (Å²) in [6.45, 7) is 2.32. The van der Waals surface area contributed by atoms with Crippen molar-refractivity contribution in [2.75, 3.05) is 7.05 Å². The fraction of sp³-hybridized carbons (Fsp3) is 0.286. The van der Waals surface area contributed by atoms with Crippen molar-refractivity contribution < 1.29 is 8.42 Å². The van der Waals surface area contributed by atoms with Crippen LogP contribution < -0.4 is 10.0 Å². The molecule has 0 amide bonds. The average molecular weight is 310 g/mol. The van der Waals surface area contributed by atoms with E-state index in [-0.39, 0.29) is 6.04 Å². The third-order valence-corrected chi connectivity index (χ3v) is 5.39. The molecule has 1 unspecified atom stereocenters. The second-order valence-corrected chi connectivity index (χ2v) is 7.29. The van der Waals surface area contributed by atoms with E-state index in [1.165, 1.54) is 11.3 Å². The predicted molar refractivity (Wildman–Crippen MR) is 82.3 cm³/mol. The Morgan fingerprint density at radius 2 is 2.05 bits per heavy atom. The van der Waals surface area contributed by atoms with Crippen LogP contribution in [0.1, 0.15) is 23.4 Å². The summed E-state index contributed by atoms with van der Waals surface area (Å²) in [5, 5.41) is 5.03. The van der Waals surface area contributed by atoms with Gasteiger partial charge in [0.1, 0.15) is 0 Å². The maximum atomic E-state index is 12.3. The molecule has 0 fully saturated rings. The van der Waals surface area contributed by atoms with E-state index in [2.05, 4.69) is 10.0 Å². The van der Waals surface area contributed by atoms with E-state index in [9.17, 15) is 8.42 Å². The van der Waals surface area contributed by atoms with Gasteiger partial charge in [-0.2, -0.15) is 0 Å². The molecular weight excluding hydrogens is 292 g/mol. The average Bonchev–Trinajstić information content (AvgIpc) is 2.98. The molecule has 0 bridgehead atoms. The zero-order valence-electron chi connectivity index (χ0n) is 11.5. The first-order chi connectivity index (χ1) is 9.53. The van der Waals surface area contributed by atoms with E-state index in [4.69, 9.17) is 0 Å². The zero-order valence-corrected chi connectivity index (χ0v) is 13.1. The van der Waals surface area contributed by atoms with Gasteiger partial charge in [0.2, 0.25) is 10.0 Å². The molecule has 1 aromatic carbocycles. The fourth-order valence-electron chi connectivity index (χ4n) is 1.78. The maximum Gasteiger partial charge on any atom is 0.240 e. The molecular formula is C14H18N2O2S2. The summed E-state index contributed by atoms with van der Waals surface area (Å²) in [5.74, 6) is 0. The molecule has 2 N–H and O–H groups in total. The highest BCUT2D eigenvalue weighted by molar-refractivity contribution is 7.89. The van der Waals surface area contributed by atoms with Crippen molar-refractivity contribution in [1.82, 2.24) is 10.0 Å². The first kappa shape index (κ1) is 15.2. The number of sulfonamides is 1. The van der Waals surface area contributed by atoms with Gasteiger partial charge in [-0.1, -0.05) is 18.2 Å². The van der Waals surface area contributed by atoms with Crippen LogP contribution in [0.3, 0.4) is 0 Å². The second-order valence-electron chi connectivity index (χ2n) is 4.49. The van der Waals surface area contributed by atoms with Gasteiger partial charge in [-0.25, -0.2) is 13.1 Å². The zero-order chi connectivity index (χ0) is 14.6. The lowest BCUT2D eigenvalue weighted by atomic mass is 10.1. The van der Waals surface area contributed by atoms with E-state index < -0.39 is 10.0 Å². The smallest absolute Gasteiger partial charge is 0.240 e. The molecule has 2 rings (SSSR count). The van der Waals surface area contributed by atoms with Crippen LogP contribution in [0.4, 0.5) is 0 Å². The summed E-state index contributed by atoms with van der Waals surface area (Å²) in [6.07, 6.45) is 0. The SMILES string of the molecule is CNC(C)c1cccc(S(=O)(=O)NCc2cccs2)c1. The van der Waals surface area contributed by atoms with Gasteiger partial charge < -0.3 is 5.32 Å². The monoisotopic (exact) mass is 310 g/mol. The molecule has 1 heterocycles. The molecule has 0 spiro atoms. The van der Waals surface area contributed by atoms with Gasteiger partial charge in [0.15, 0.2) is 0 Å². The highest BCUT2D eigenvalue weighted by atomic mass is 32.2. The van der Waals surface area contributed by atoms with Crippen LogP contribution in [-0.2, 0) is 16.6 Å². The first-order valence-corrected chi connectivity index (χ1v) is 8.68.